The summed E-state index contributed by atoms with van der Waals surface area (Å²) in [5.41, 5.74) is 5.54. The molecular weight excluding hydrogens is 316 g/mol. The summed E-state index contributed by atoms with van der Waals surface area (Å²) in [6, 6.07) is 1.55. The Bertz CT molecular complexity index is 675. The van der Waals surface area contributed by atoms with Crippen LogP contribution in [0.15, 0.2) is 16.3 Å². The molecule has 3 N–H and O–H groups in total. The third-order valence-electron chi connectivity index (χ3n) is 2.45. The molecule has 9 heteroatoms. The SMILES string of the molecule is CC(C)Cc1nnc(NS(=O)(=O)c2ccsc2CN)s1. The van der Waals surface area contributed by atoms with E-state index >= 15 is 0 Å². The van der Waals surface area contributed by atoms with Gasteiger partial charge in [0.2, 0.25) is 5.13 Å². The second kappa shape index (κ2) is 6.17. The van der Waals surface area contributed by atoms with Crippen LogP contribution in [0.2, 0.25) is 0 Å². The smallest absolute Gasteiger partial charge is 0.264 e. The van der Waals surface area contributed by atoms with E-state index in [0.29, 0.717) is 10.8 Å². The molecule has 0 aromatic carbocycles. The monoisotopic (exact) mass is 332 g/mol. The topological polar surface area (TPSA) is 98.0 Å². The van der Waals surface area contributed by atoms with Gasteiger partial charge < -0.3 is 5.73 Å². The highest BCUT2D eigenvalue weighted by atomic mass is 32.2. The first kappa shape index (κ1) is 15.4. The second-order valence-corrected chi connectivity index (χ2v) is 8.33. The molecule has 0 saturated carbocycles. The lowest BCUT2D eigenvalue weighted by Crippen LogP contribution is -2.14. The number of nitrogens with zero attached hydrogens (tertiary/aromatic N) is 2. The Morgan fingerprint density at radius 1 is 1.40 bits per heavy atom. The van der Waals surface area contributed by atoms with Crippen LogP contribution in [-0.2, 0) is 23.0 Å². The number of sulfonamides is 1. The van der Waals surface area contributed by atoms with Crippen molar-refractivity contribution in [3.05, 3.63) is 21.3 Å². The van der Waals surface area contributed by atoms with Crippen molar-refractivity contribution in [3.8, 4) is 0 Å². The summed E-state index contributed by atoms with van der Waals surface area (Å²) in [5, 5.41) is 10.7. The predicted molar refractivity (Wildman–Crippen MR) is 81.5 cm³/mol. The maximum absolute atomic E-state index is 12.3. The zero-order valence-corrected chi connectivity index (χ0v) is 13.6. The van der Waals surface area contributed by atoms with Gasteiger partial charge in [-0.15, -0.1) is 21.5 Å². The highest BCUT2D eigenvalue weighted by molar-refractivity contribution is 7.93. The van der Waals surface area contributed by atoms with Crippen LogP contribution in [0.25, 0.3) is 0 Å². The summed E-state index contributed by atoms with van der Waals surface area (Å²) in [5.74, 6) is 0.452. The number of anilines is 1. The van der Waals surface area contributed by atoms with Crippen molar-refractivity contribution in [2.75, 3.05) is 4.72 Å². The highest BCUT2D eigenvalue weighted by Gasteiger charge is 2.21. The number of rotatable bonds is 6. The first-order chi connectivity index (χ1) is 9.42. The fourth-order valence-electron chi connectivity index (χ4n) is 1.61. The van der Waals surface area contributed by atoms with Crippen molar-refractivity contribution < 1.29 is 8.42 Å². The molecule has 2 rings (SSSR count). The van der Waals surface area contributed by atoms with Gasteiger partial charge in [-0.3, -0.25) is 4.72 Å². The number of thiophene rings is 1. The Kier molecular flexibility index (Phi) is 4.74. The van der Waals surface area contributed by atoms with E-state index in [1.54, 1.807) is 11.4 Å². The molecule has 0 spiro atoms. The molecule has 0 aliphatic rings. The molecule has 6 nitrogen and oxygen atoms in total. The van der Waals surface area contributed by atoms with E-state index in [-0.39, 0.29) is 16.6 Å². The molecule has 0 radical (unpaired) electrons. The molecule has 2 aromatic heterocycles. The third kappa shape index (κ3) is 3.54. The third-order valence-corrected chi connectivity index (χ3v) is 5.94. The van der Waals surface area contributed by atoms with Crippen LogP contribution in [0.1, 0.15) is 23.7 Å². The van der Waals surface area contributed by atoms with E-state index in [2.05, 4.69) is 28.8 Å². The van der Waals surface area contributed by atoms with Crippen molar-refractivity contribution in [3.63, 3.8) is 0 Å². The number of nitrogens with two attached hydrogens (primary N) is 1. The van der Waals surface area contributed by atoms with Crippen LogP contribution >= 0.6 is 22.7 Å². The average Bonchev–Trinajstić information content (AvgIpc) is 2.96. The fourth-order valence-corrected chi connectivity index (χ4v) is 5.13. The lowest BCUT2D eigenvalue weighted by molar-refractivity contribution is 0.600. The van der Waals surface area contributed by atoms with Gasteiger partial charge in [-0.05, 0) is 17.4 Å². The van der Waals surface area contributed by atoms with E-state index in [1.807, 2.05) is 0 Å². The van der Waals surface area contributed by atoms with Crippen LogP contribution in [-0.4, -0.2) is 18.6 Å². The Morgan fingerprint density at radius 2 is 2.15 bits per heavy atom. The fraction of sp³-hybridized carbons (Fsp3) is 0.455. The summed E-state index contributed by atoms with van der Waals surface area (Å²) < 4.78 is 27.0. The average molecular weight is 332 g/mol. The first-order valence-corrected chi connectivity index (χ1v) is 9.22. The minimum Gasteiger partial charge on any atom is -0.326 e. The maximum atomic E-state index is 12.3. The van der Waals surface area contributed by atoms with Crippen molar-refractivity contribution in [1.29, 1.82) is 0 Å². The van der Waals surface area contributed by atoms with Crippen LogP contribution in [0, 0.1) is 5.92 Å². The van der Waals surface area contributed by atoms with Crippen molar-refractivity contribution >= 4 is 37.8 Å². The highest BCUT2D eigenvalue weighted by Crippen LogP contribution is 2.25. The molecule has 0 fully saturated rings. The minimum absolute atomic E-state index is 0.197. The molecule has 20 heavy (non-hydrogen) atoms. The quantitative estimate of drug-likeness (QED) is 0.843. The minimum atomic E-state index is -3.64. The van der Waals surface area contributed by atoms with Crippen molar-refractivity contribution in [1.82, 2.24) is 10.2 Å². The summed E-state index contributed by atoms with van der Waals surface area (Å²) in [6.07, 6.45) is 0.784. The van der Waals surface area contributed by atoms with Gasteiger partial charge in [0.1, 0.15) is 9.90 Å². The van der Waals surface area contributed by atoms with E-state index in [1.165, 1.54) is 22.7 Å². The van der Waals surface area contributed by atoms with Gasteiger partial charge in [-0.1, -0.05) is 25.2 Å². The Labute approximate surface area is 126 Å². The van der Waals surface area contributed by atoms with E-state index in [0.717, 1.165) is 11.4 Å². The molecule has 110 valence electrons. The molecule has 0 bridgehead atoms. The zero-order chi connectivity index (χ0) is 14.8. The van der Waals surface area contributed by atoms with Gasteiger partial charge in [0, 0.05) is 17.8 Å². The summed E-state index contributed by atoms with van der Waals surface area (Å²) in [4.78, 5) is 0.843. The molecule has 2 aromatic rings. The largest absolute Gasteiger partial charge is 0.326 e. The predicted octanol–water partition coefficient (Wildman–Crippen LogP) is 2.06. The summed E-state index contributed by atoms with van der Waals surface area (Å²) >= 11 is 2.58. The van der Waals surface area contributed by atoms with E-state index in [9.17, 15) is 8.42 Å². The number of nitrogens with one attached hydrogen (secondary N) is 1. The Morgan fingerprint density at radius 3 is 2.80 bits per heavy atom. The molecule has 0 unspecified atom stereocenters. The van der Waals surface area contributed by atoms with Gasteiger partial charge in [0.05, 0.1) is 0 Å². The Hall–Kier alpha value is -1.03. The van der Waals surface area contributed by atoms with Crippen LogP contribution in [0.5, 0.6) is 0 Å². The zero-order valence-electron chi connectivity index (χ0n) is 11.2. The first-order valence-electron chi connectivity index (χ1n) is 6.04. The van der Waals surface area contributed by atoms with E-state index < -0.39 is 10.0 Å². The van der Waals surface area contributed by atoms with Gasteiger partial charge in [-0.2, -0.15) is 0 Å². The normalized spacial score (nSPS) is 12.0. The number of hydrogen-bond donors (Lipinski definition) is 2. The van der Waals surface area contributed by atoms with Crippen molar-refractivity contribution in [2.45, 2.75) is 31.7 Å². The van der Waals surface area contributed by atoms with Gasteiger partial charge in [0.15, 0.2) is 0 Å². The van der Waals surface area contributed by atoms with Gasteiger partial charge in [-0.25, -0.2) is 8.42 Å². The number of hydrogen-bond acceptors (Lipinski definition) is 7. The van der Waals surface area contributed by atoms with Crippen LogP contribution < -0.4 is 10.5 Å². The number of aromatic nitrogens is 2. The van der Waals surface area contributed by atoms with Crippen molar-refractivity contribution in [2.24, 2.45) is 11.7 Å². The molecule has 0 amide bonds. The van der Waals surface area contributed by atoms with E-state index in [4.69, 9.17) is 5.73 Å². The Balaban J connectivity index is 2.18. The second-order valence-electron chi connectivity index (χ2n) is 4.62. The summed E-state index contributed by atoms with van der Waals surface area (Å²) in [7, 11) is -3.64. The van der Waals surface area contributed by atoms with Crippen LogP contribution in [0.3, 0.4) is 0 Å². The molecule has 0 saturated heterocycles. The summed E-state index contributed by atoms with van der Waals surface area (Å²) in [6.45, 7) is 4.34. The molecule has 2 heterocycles. The lowest BCUT2D eigenvalue weighted by Gasteiger charge is -2.04. The maximum Gasteiger partial charge on any atom is 0.264 e. The molecule has 0 aliphatic carbocycles. The molecule has 0 atom stereocenters. The van der Waals surface area contributed by atoms with Gasteiger partial charge in [0.25, 0.3) is 10.0 Å². The van der Waals surface area contributed by atoms with Gasteiger partial charge >= 0.3 is 0 Å². The molecule has 0 aliphatic heterocycles. The standard InChI is InChI=1S/C11H16N4O2S3/c1-7(2)5-10-13-14-11(19-10)15-20(16,17)9-3-4-18-8(9)6-12/h3-4,7H,5-6,12H2,1-2H3,(H,14,15). The van der Waals surface area contributed by atoms with Crippen LogP contribution in [0.4, 0.5) is 5.13 Å². The molecular formula is C11H16N4O2S3. The lowest BCUT2D eigenvalue weighted by atomic mass is 10.1.